The van der Waals surface area contributed by atoms with Crippen LogP contribution in [0.4, 0.5) is 0 Å². The molecule has 1 aliphatic rings. The van der Waals surface area contributed by atoms with E-state index in [1.54, 1.807) is 7.11 Å². The van der Waals surface area contributed by atoms with Crippen molar-refractivity contribution in [3.8, 4) is 27.6 Å². The van der Waals surface area contributed by atoms with Gasteiger partial charge in [-0.2, -0.15) is 0 Å². The summed E-state index contributed by atoms with van der Waals surface area (Å²) >= 11 is 7.85. The molecule has 0 atom stereocenters. The van der Waals surface area contributed by atoms with Gasteiger partial charge < -0.3 is 4.74 Å². The molecule has 2 aromatic carbocycles. The predicted octanol–water partition coefficient (Wildman–Crippen LogP) is 6.09. The Balaban J connectivity index is 1.27. The van der Waals surface area contributed by atoms with Crippen molar-refractivity contribution in [3.63, 3.8) is 0 Å². The van der Waals surface area contributed by atoms with Crippen LogP contribution in [0.2, 0.25) is 5.02 Å². The fourth-order valence-corrected chi connectivity index (χ4v) is 5.02. The van der Waals surface area contributed by atoms with Crippen LogP contribution in [0.5, 0.6) is 5.75 Å². The maximum atomic E-state index is 6.00. The summed E-state index contributed by atoms with van der Waals surface area (Å²) in [5.41, 5.74) is 4.60. The van der Waals surface area contributed by atoms with Crippen molar-refractivity contribution >= 4 is 22.9 Å². The van der Waals surface area contributed by atoms with Crippen molar-refractivity contribution in [2.24, 2.45) is 0 Å². The van der Waals surface area contributed by atoms with E-state index < -0.39 is 0 Å². The first-order valence-corrected chi connectivity index (χ1v) is 11.4. The smallest absolute Gasteiger partial charge is 0.159 e. The Hall–Kier alpha value is -2.73. The molecule has 31 heavy (non-hydrogen) atoms. The van der Waals surface area contributed by atoms with Gasteiger partial charge in [-0.25, -0.2) is 9.97 Å². The highest BCUT2D eigenvalue weighted by atomic mass is 35.5. The van der Waals surface area contributed by atoms with Gasteiger partial charge in [0, 0.05) is 58.2 Å². The summed E-state index contributed by atoms with van der Waals surface area (Å²) < 4.78 is 5.26. The Kier molecular flexibility index (Phi) is 5.72. The lowest BCUT2D eigenvalue weighted by molar-refractivity contribution is 0.245. The zero-order valence-corrected chi connectivity index (χ0v) is 18.8. The number of halogens is 1. The molecule has 4 aromatic rings. The topological polar surface area (TPSA) is 38.2 Å². The van der Waals surface area contributed by atoms with Crippen molar-refractivity contribution < 1.29 is 4.74 Å². The summed E-state index contributed by atoms with van der Waals surface area (Å²) in [6.07, 6.45) is 2.92. The third-order valence-electron chi connectivity index (χ3n) is 5.53. The number of rotatable bonds is 5. The molecule has 0 N–H and O–H groups in total. The van der Waals surface area contributed by atoms with E-state index in [0.717, 1.165) is 53.9 Å². The van der Waals surface area contributed by atoms with Crippen LogP contribution in [-0.2, 0) is 19.5 Å². The summed E-state index contributed by atoms with van der Waals surface area (Å²) in [6, 6.07) is 20.4. The molecule has 0 aliphatic carbocycles. The lowest BCUT2D eigenvalue weighted by Crippen LogP contribution is -2.30. The third-order valence-corrected chi connectivity index (χ3v) is 6.90. The van der Waals surface area contributed by atoms with Crippen molar-refractivity contribution in [2.45, 2.75) is 19.5 Å². The first-order valence-electron chi connectivity index (χ1n) is 10.2. The van der Waals surface area contributed by atoms with E-state index >= 15 is 0 Å². The Bertz CT molecular complexity index is 1190. The van der Waals surface area contributed by atoms with Crippen LogP contribution in [0.15, 0.2) is 66.9 Å². The first-order chi connectivity index (χ1) is 15.2. The Morgan fingerprint density at radius 3 is 2.55 bits per heavy atom. The zero-order valence-electron chi connectivity index (χ0n) is 17.2. The normalized spacial score (nSPS) is 13.7. The van der Waals surface area contributed by atoms with Gasteiger partial charge in [-0.3, -0.25) is 4.90 Å². The zero-order chi connectivity index (χ0) is 21.2. The lowest BCUT2D eigenvalue weighted by atomic mass is 10.1. The maximum Gasteiger partial charge on any atom is 0.159 e. The van der Waals surface area contributed by atoms with Gasteiger partial charge in [0.2, 0.25) is 0 Å². The average Bonchev–Trinajstić information content (AvgIpc) is 3.28. The number of hydrogen-bond acceptors (Lipinski definition) is 5. The van der Waals surface area contributed by atoms with Crippen LogP contribution in [0, 0.1) is 0 Å². The van der Waals surface area contributed by atoms with Crippen molar-refractivity contribution in [2.75, 3.05) is 13.7 Å². The van der Waals surface area contributed by atoms with Gasteiger partial charge in [0.25, 0.3) is 0 Å². The fourth-order valence-electron chi connectivity index (χ4n) is 3.84. The summed E-state index contributed by atoms with van der Waals surface area (Å²) in [4.78, 5) is 14.5. The first kappa shape index (κ1) is 20.2. The monoisotopic (exact) mass is 447 g/mol. The molecule has 1 aliphatic heterocycles. The molecule has 0 radical (unpaired) electrons. The van der Waals surface area contributed by atoms with Crippen LogP contribution >= 0.6 is 22.9 Å². The van der Waals surface area contributed by atoms with Crippen LogP contribution < -0.4 is 4.74 Å². The second-order valence-corrected chi connectivity index (χ2v) is 9.23. The Morgan fingerprint density at radius 2 is 1.77 bits per heavy atom. The Labute approximate surface area is 191 Å². The minimum atomic E-state index is 0.723. The van der Waals surface area contributed by atoms with Crippen LogP contribution in [0.3, 0.4) is 0 Å². The number of nitrogens with zero attached hydrogens (tertiary/aromatic N) is 3. The second-order valence-electron chi connectivity index (χ2n) is 7.63. The van der Waals surface area contributed by atoms with E-state index in [1.165, 1.54) is 20.9 Å². The number of thiophene rings is 1. The van der Waals surface area contributed by atoms with Crippen LogP contribution in [0.1, 0.15) is 16.1 Å². The van der Waals surface area contributed by atoms with Crippen LogP contribution in [-0.4, -0.2) is 28.5 Å². The summed E-state index contributed by atoms with van der Waals surface area (Å²) in [7, 11) is 1.69. The van der Waals surface area contributed by atoms with E-state index in [4.69, 9.17) is 21.3 Å². The van der Waals surface area contributed by atoms with Crippen LogP contribution in [0.25, 0.3) is 21.8 Å². The minimum Gasteiger partial charge on any atom is -0.497 e. The van der Waals surface area contributed by atoms with Crippen molar-refractivity contribution in [1.29, 1.82) is 0 Å². The van der Waals surface area contributed by atoms with E-state index in [-0.39, 0.29) is 0 Å². The minimum absolute atomic E-state index is 0.723. The molecule has 0 bridgehead atoms. The van der Waals surface area contributed by atoms with E-state index in [0.29, 0.717) is 0 Å². The molecular weight excluding hydrogens is 426 g/mol. The number of ether oxygens (including phenoxy) is 1. The van der Waals surface area contributed by atoms with Crippen molar-refractivity contribution in [1.82, 2.24) is 14.9 Å². The largest absolute Gasteiger partial charge is 0.497 e. The van der Waals surface area contributed by atoms with E-state index in [2.05, 4.69) is 34.1 Å². The molecule has 0 unspecified atom stereocenters. The summed E-state index contributed by atoms with van der Waals surface area (Å²) in [5, 5.41) is 0.723. The van der Waals surface area contributed by atoms with E-state index in [9.17, 15) is 0 Å². The number of hydrogen-bond donors (Lipinski definition) is 0. The highest BCUT2D eigenvalue weighted by Crippen LogP contribution is 2.31. The Morgan fingerprint density at radius 1 is 1.00 bits per heavy atom. The average molecular weight is 448 g/mol. The highest BCUT2D eigenvalue weighted by Gasteiger charge is 2.19. The molecule has 0 saturated heterocycles. The third kappa shape index (κ3) is 4.49. The predicted molar refractivity (Wildman–Crippen MR) is 127 cm³/mol. The van der Waals surface area contributed by atoms with Gasteiger partial charge in [0.1, 0.15) is 5.75 Å². The molecule has 5 rings (SSSR count). The standard InChI is InChI=1S/C25H22ClN3OS/c1-30-21-8-4-17(5-9-21)24-11-10-22(31-24)16-29-13-12-23-19(15-29)14-27-25(28-23)18-2-6-20(26)7-3-18/h2-11,14H,12-13,15-16H2,1H3. The van der Waals surface area contributed by atoms with Gasteiger partial charge in [0.15, 0.2) is 5.82 Å². The molecule has 4 nitrogen and oxygen atoms in total. The number of aromatic nitrogens is 2. The fraction of sp³-hybridized carbons (Fsp3) is 0.200. The van der Waals surface area contributed by atoms with E-state index in [1.807, 2.05) is 53.9 Å². The molecular formula is C25H22ClN3OS. The lowest BCUT2D eigenvalue weighted by Gasteiger charge is -2.27. The quantitative estimate of drug-likeness (QED) is 0.371. The number of methoxy groups -OCH3 is 1. The molecule has 156 valence electrons. The number of benzene rings is 2. The summed E-state index contributed by atoms with van der Waals surface area (Å²) in [6.45, 7) is 2.82. The van der Waals surface area contributed by atoms with Gasteiger partial charge in [-0.1, -0.05) is 11.6 Å². The van der Waals surface area contributed by atoms with Crippen molar-refractivity contribution in [3.05, 3.63) is 88.0 Å². The molecule has 6 heteroatoms. The molecule has 2 aromatic heterocycles. The van der Waals surface area contributed by atoms with Gasteiger partial charge in [-0.15, -0.1) is 11.3 Å². The maximum absolute atomic E-state index is 6.00. The molecule has 0 spiro atoms. The molecule has 0 saturated carbocycles. The second kappa shape index (κ2) is 8.79. The van der Waals surface area contributed by atoms with Gasteiger partial charge in [0.05, 0.1) is 12.8 Å². The highest BCUT2D eigenvalue weighted by molar-refractivity contribution is 7.15. The molecule has 3 heterocycles. The number of fused-ring (bicyclic) bond motifs is 1. The SMILES string of the molecule is COc1ccc(-c2ccc(CN3CCc4nc(-c5ccc(Cl)cc5)ncc4C3)s2)cc1. The molecule has 0 fully saturated rings. The molecule has 0 amide bonds. The van der Waals surface area contributed by atoms with Gasteiger partial charge >= 0.3 is 0 Å². The van der Waals surface area contributed by atoms with Gasteiger partial charge in [-0.05, 0) is 66.2 Å². The summed E-state index contributed by atoms with van der Waals surface area (Å²) in [5.74, 6) is 1.65.